The van der Waals surface area contributed by atoms with Crippen molar-refractivity contribution < 1.29 is 4.79 Å². The first-order chi connectivity index (χ1) is 8.80. The van der Waals surface area contributed by atoms with Crippen LogP contribution in [0, 0.1) is 5.41 Å². The van der Waals surface area contributed by atoms with Gasteiger partial charge >= 0.3 is 0 Å². The van der Waals surface area contributed by atoms with Crippen LogP contribution < -0.4 is 10.7 Å². The van der Waals surface area contributed by atoms with Gasteiger partial charge < -0.3 is 5.32 Å². The normalized spacial score (nSPS) is 12.2. The van der Waals surface area contributed by atoms with Crippen LogP contribution in [0.2, 0.25) is 5.02 Å². The molecule has 1 rings (SSSR count). The van der Waals surface area contributed by atoms with Crippen LogP contribution in [0.5, 0.6) is 0 Å². The number of nitrogens with one attached hydrogen (secondary N) is 2. The van der Waals surface area contributed by atoms with E-state index in [1.807, 2.05) is 45.9 Å². The van der Waals surface area contributed by atoms with E-state index in [4.69, 9.17) is 11.6 Å². The van der Waals surface area contributed by atoms with Gasteiger partial charge in [-0.3, -0.25) is 4.79 Å². The van der Waals surface area contributed by atoms with Gasteiger partial charge in [0.05, 0.1) is 17.3 Å². The van der Waals surface area contributed by atoms with Crippen LogP contribution in [0.3, 0.4) is 0 Å². The van der Waals surface area contributed by atoms with Crippen molar-refractivity contribution in [3.8, 4) is 0 Å². The zero-order chi connectivity index (χ0) is 14.5. The monoisotopic (exact) mass is 281 g/mol. The molecule has 1 aromatic rings. The van der Waals surface area contributed by atoms with E-state index in [-0.39, 0.29) is 17.9 Å². The lowest BCUT2D eigenvalue weighted by Crippen LogP contribution is -2.29. The van der Waals surface area contributed by atoms with Gasteiger partial charge in [0.2, 0.25) is 0 Å². The minimum absolute atomic E-state index is 0.0521. The first kappa shape index (κ1) is 15.5. The summed E-state index contributed by atoms with van der Waals surface area (Å²) in [5.74, 6) is -0.205. The van der Waals surface area contributed by atoms with E-state index in [9.17, 15) is 4.79 Å². The van der Waals surface area contributed by atoms with Gasteiger partial charge in [0.25, 0.3) is 5.91 Å². The molecule has 0 saturated carbocycles. The second-order valence-corrected chi connectivity index (χ2v) is 5.72. The number of anilines is 1. The summed E-state index contributed by atoms with van der Waals surface area (Å²) in [6, 6.07) is 7.28. The third-order valence-electron chi connectivity index (χ3n) is 2.75. The zero-order valence-corrected chi connectivity index (χ0v) is 12.5. The van der Waals surface area contributed by atoms with Crippen LogP contribution in [-0.4, -0.2) is 18.2 Å². The van der Waals surface area contributed by atoms with Crippen LogP contribution >= 0.6 is 11.6 Å². The first-order valence-electron chi connectivity index (χ1n) is 6.12. The molecule has 19 heavy (non-hydrogen) atoms. The fourth-order valence-corrected chi connectivity index (χ4v) is 1.34. The fourth-order valence-electron chi connectivity index (χ4n) is 1.13. The Morgan fingerprint density at radius 2 is 1.95 bits per heavy atom. The SMILES string of the molecule is C/C(=N/NC(=O)CNc1ccccc1Cl)C(C)(C)C. The number of amides is 1. The molecule has 0 aliphatic rings. The van der Waals surface area contributed by atoms with Crippen molar-refractivity contribution in [1.29, 1.82) is 0 Å². The van der Waals surface area contributed by atoms with Crippen molar-refractivity contribution in [1.82, 2.24) is 5.43 Å². The number of nitrogens with zero attached hydrogens (tertiary/aromatic N) is 1. The third kappa shape index (κ3) is 5.30. The number of benzene rings is 1. The lowest BCUT2D eigenvalue weighted by Gasteiger charge is -2.17. The molecule has 2 N–H and O–H groups in total. The third-order valence-corrected chi connectivity index (χ3v) is 3.08. The molecule has 0 heterocycles. The molecule has 5 heteroatoms. The summed E-state index contributed by atoms with van der Waals surface area (Å²) in [5.41, 5.74) is 4.08. The maximum atomic E-state index is 11.6. The highest BCUT2D eigenvalue weighted by Gasteiger charge is 2.14. The van der Waals surface area contributed by atoms with Gasteiger partial charge in [-0.1, -0.05) is 44.5 Å². The quantitative estimate of drug-likeness (QED) is 0.657. The molecule has 0 unspecified atom stereocenters. The topological polar surface area (TPSA) is 53.5 Å². The fraction of sp³-hybridized carbons (Fsp3) is 0.429. The van der Waals surface area contributed by atoms with E-state index >= 15 is 0 Å². The summed E-state index contributed by atoms with van der Waals surface area (Å²) in [7, 11) is 0. The van der Waals surface area contributed by atoms with Crippen molar-refractivity contribution in [2.24, 2.45) is 10.5 Å². The lowest BCUT2D eigenvalue weighted by molar-refractivity contribution is -0.119. The summed E-state index contributed by atoms with van der Waals surface area (Å²) in [6.07, 6.45) is 0. The van der Waals surface area contributed by atoms with Crippen LogP contribution in [0.1, 0.15) is 27.7 Å². The highest BCUT2D eigenvalue weighted by molar-refractivity contribution is 6.33. The summed E-state index contributed by atoms with van der Waals surface area (Å²) in [4.78, 5) is 11.6. The number of rotatable bonds is 4. The Hall–Kier alpha value is -1.55. The van der Waals surface area contributed by atoms with Crippen molar-refractivity contribution in [3.63, 3.8) is 0 Å². The molecule has 1 amide bonds. The Kier molecular flexibility index (Phi) is 5.36. The molecule has 0 saturated heterocycles. The molecule has 0 fully saturated rings. The van der Waals surface area contributed by atoms with Crippen molar-refractivity contribution in [2.75, 3.05) is 11.9 Å². The highest BCUT2D eigenvalue weighted by atomic mass is 35.5. The van der Waals surface area contributed by atoms with Crippen LogP contribution in [0.4, 0.5) is 5.69 Å². The smallest absolute Gasteiger partial charge is 0.259 e. The second kappa shape index (κ2) is 6.57. The Morgan fingerprint density at radius 3 is 2.53 bits per heavy atom. The second-order valence-electron chi connectivity index (χ2n) is 5.32. The Morgan fingerprint density at radius 1 is 1.32 bits per heavy atom. The van der Waals surface area contributed by atoms with Crippen LogP contribution in [0.25, 0.3) is 0 Å². The highest BCUT2D eigenvalue weighted by Crippen LogP contribution is 2.19. The predicted octanol–water partition coefficient (Wildman–Crippen LogP) is 3.29. The molecule has 0 radical (unpaired) electrons. The van der Waals surface area contributed by atoms with Crippen LogP contribution in [-0.2, 0) is 4.79 Å². The number of para-hydroxylation sites is 1. The maximum Gasteiger partial charge on any atom is 0.259 e. The molecule has 0 aromatic heterocycles. The van der Waals surface area contributed by atoms with E-state index in [1.165, 1.54) is 0 Å². The van der Waals surface area contributed by atoms with E-state index in [0.29, 0.717) is 5.02 Å². The van der Waals surface area contributed by atoms with Gasteiger partial charge in [-0.05, 0) is 19.1 Å². The number of carbonyl (C=O) groups is 1. The summed E-state index contributed by atoms with van der Waals surface area (Å²) in [5, 5.41) is 7.62. The summed E-state index contributed by atoms with van der Waals surface area (Å²) < 4.78 is 0. The standard InChI is InChI=1S/C14H20ClN3O/c1-10(14(2,3)4)17-18-13(19)9-16-12-8-6-5-7-11(12)15/h5-8,16H,9H2,1-4H3,(H,18,19)/b17-10-. The number of halogens is 1. The minimum Gasteiger partial charge on any atom is -0.375 e. The summed E-state index contributed by atoms with van der Waals surface area (Å²) >= 11 is 5.97. The predicted molar refractivity (Wildman–Crippen MR) is 80.6 cm³/mol. The van der Waals surface area contributed by atoms with E-state index < -0.39 is 0 Å². The van der Waals surface area contributed by atoms with E-state index in [1.54, 1.807) is 6.07 Å². The Bertz CT molecular complexity index is 478. The first-order valence-corrected chi connectivity index (χ1v) is 6.50. The molecule has 0 aliphatic heterocycles. The average molecular weight is 282 g/mol. The van der Waals surface area contributed by atoms with E-state index in [2.05, 4.69) is 15.8 Å². The summed E-state index contributed by atoms with van der Waals surface area (Å²) in [6.45, 7) is 8.15. The van der Waals surface area contributed by atoms with Gasteiger partial charge in [0.1, 0.15) is 0 Å². The molecule has 0 aliphatic carbocycles. The van der Waals surface area contributed by atoms with Crippen LogP contribution in [0.15, 0.2) is 29.4 Å². The van der Waals surface area contributed by atoms with Gasteiger partial charge in [-0.2, -0.15) is 5.10 Å². The average Bonchev–Trinajstić information content (AvgIpc) is 2.33. The van der Waals surface area contributed by atoms with Gasteiger partial charge in [0, 0.05) is 11.1 Å². The van der Waals surface area contributed by atoms with E-state index in [0.717, 1.165) is 11.4 Å². The number of carbonyl (C=O) groups excluding carboxylic acids is 1. The van der Waals surface area contributed by atoms with Crippen molar-refractivity contribution in [3.05, 3.63) is 29.3 Å². The van der Waals surface area contributed by atoms with Gasteiger partial charge in [-0.25, -0.2) is 5.43 Å². The molecule has 4 nitrogen and oxygen atoms in total. The van der Waals surface area contributed by atoms with Gasteiger partial charge in [0.15, 0.2) is 0 Å². The molecule has 1 aromatic carbocycles. The molecule has 0 bridgehead atoms. The number of hydrazone groups is 1. The minimum atomic E-state index is -0.205. The molecular formula is C14H20ClN3O. The Labute approximate surface area is 119 Å². The van der Waals surface area contributed by atoms with Crippen molar-refractivity contribution in [2.45, 2.75) is 27.7 Å². The molecule has 104 valence electrons. The maximum absolute atomic E-state index is 11.6. The zero-order valence-electron chi connectivity index (χ0n) is 11.7. The lowest BCUT2D eigenvalue weighted by atomic mass is 9.91. The molecule has 0 atom stereocenters. The van der Waals surface area contributed by atoms with Crippen molar-refractivity contribution >= 4 is 28.9 Å². The van der Waals surface area contributed by atoms with Gasteiger partial charge in [-0.15, -0.1) is 0 Å². The largest absolute Gasteiger partial charge is 0.375 e. The molecule has 0 spiro atoms. The Balaban J connectivity index is 2.48. The number of hydrogen-bond acceptors (Lipinski definition) is 3. The molecular weight excluding hydrogens is 262 g/mol. The number of hydrogen-bond donors (Lipinski definition) is 2.